The van der Waals surface area contributed by atoms with E-state index in [4.69, 9.17) is 4.74 Å². The Labute approximate surface area is 105 Å². The van der Waals surface area contributed by atoms with Crippen LogP contribution in [0.15, 0.2) is 24.3 Å². The summed E-state index contributed by atoms with van der Waals surface area (Å²) in [5.41, 5.74) is 1.10. The lowest BCUT2D eigenvalue weighted by Gasteiger charge is -2.16. The Morgan fingerprint density at radius 1 is 1.38 bits per heavy atom. The van der Waals surface area contributed by atoms with Crippen molar-refractivity contribution in [2.24, 2.45) is 0 Å². The molecule has 0 bridgehead atoms. The van der Waals surface area contributed by atoms with Crippen LogP contribution in [-0.2, 0) is 11.3 Å². The van der Waals surface area contributed by atoms with Gasteiger partial charge in [-0.2, -0.15) is 0 Å². The summed E-state index contributed by atoms with van der Waals surface area (Å²) in [5, 5.41) is 0.707. The van der Waals surface area contributed by atoms with Gasteiger partial charge in [-0.1, -0.05) is 28.1 Å². The van der Waals surface area contributed by atoms with E-state index >= 15 is 0 Å². The normalized spacial score (nSPS) is 9.94. The summed E-state index contributed by atoms with van der Waals surface area (Å²) in [7, 11) is 3.45. The van der Waals surface area contributed by atoms with Gasteiger partial charge in [-0.15, -0.1) is 0 Å². The second kappa shape index (κ2) is 6.53. The molecule has 0 spiro atoms. The molecule has 1 aromatic carbocycles. The number of hydrogen-bond acceptors (Lipinski definition) is 2. The van der Waals surface area contributed by atoms with E-state index in [1.807, 2.05) is 31.3 Å². The maximum Gasteiger partial charge on any atom is 0.223 e. The highest BCUT2D eigenvalue weighted by molar-refractivity contribution is 9.09. The topological polar surface area (TPSA) is 29.5 Å². The molecule has 88 valence electrons. The number of nitrogens with zero attached hydrogens (tertiary/aromatic N) is 1. The van der Waals surface area contributed by atoms with E-state index in [0.717, 1.165) is 11.3 Å². The molecule has 0 heterocycles. The largest absolute Gasteiger partial charge is 0.497 e. The van der Waals surface area contributed by atoms with Gasteiger partial charge in [-0.25, -0.2) is 0 Å². The Morgan fingerprint density at radius 3 is 2.50 bits per heavy atom. The summed E-state index contributed by atoms with van der Waals surface area (Å²) in [6.45, 7) is 0.635. The van der Waals surface area contributed by atoms with Crippen LogP contribution in [0.3, 0.4) is 0 Å². The zero-order valence-corrected chi connectivity index (χ0v) is 11.2. The fourth-order valence-electron chi connectivity index (χ4n) is 1.36. The van der Waals surface area contributed by atoms with Gasteiger partial charge in [0.2, 0.25) is 5.91 Å². The Morgan fingerprint density at radius 2 is 2.00 bits per heavy atom. The number of halogens is 1. The zero-order chi connectivity index (χ0) is 12.0. The molecule has 1 aromatic rings. The van der Waals surface area contributed by atoms with E-state index < -0.39 is 0 Å². The van der Waals surface area contributed by atoms with E-state index in [-0.39, 0.29) is 5.91 Å². The average Bonchev–Trinajstić information content (AvgIpc) is 2.30. The summed E-state index contributed by atoms with van der Waals surface area (Å²) < 4.78 is 5.07. The molecule has 0 aromatic heterocycles. The van der Waals surface area contributed by atoms with Gasteiger partial charge in [-0.3, -0.25) is 4.79 Å². The summed E-state index contributed by atoms with van der Waals surface area (Å²) >= 11 is 3.26. The summed E-state index contributed by atoms with van der Waals surface area (Å²) in [4.78, 5) is 13.3. The van der Waals surface area contributed by atoms with Crippen molar-refractivity contribution in [3.8, 4) is 5.75 Å². The number of rotatable bonds is 5. The van der Waals surface area contributed by atoms with E-state index in [0.29, 0.717) is 18.3 Å². The summed E-state index contributed by atoms with van der Waals surface area (Å²) in [6.07, 6.45) is 0.534. The minimum Gasteiger partial charge on any atom is -0.497 e. The number of alkyl halides is 1. The van der Waals surface area contributed by atoms with E-state index in [1.54, 1.807) is 12.0 Å². The standard InChI is InChI=1S/C12H16BrNO2/c1-14(12(15)7-8-13)9-10-3-5-11(16-2)6-4-10/h3-6H,7-9H2,1-2H3. The van der Waals surface area contributed by atoms with Gasteiger partial charge < -0.3 is 9.64 Å². The van der Waals surface area contributed by atoms with Gasteiger partial charge in [-0.05, 0) is 17.7 Å². The second-order valence-corrected chi connectivity index (χ2v) is 4.33. The highest BCUT2D eigenvalue weighted by atomic mass is 79.9. The minimum atomic E-state index is 0.146. The first-order valence-electron chi connectivity index (χ1n) is 5.10. The molecule has 4 heteroatoms. The predicted octanol–water partition coefficient (Wildman–Crippen LogP) is 2.44. The number of carbonyl (C=O) groups excluding carboxylic acids is 1. The van der Waals surface area contributed by atoms with Crippen molar-refractivity contribution in [1.29, 1.82) is 0 Å². The highest BCUT2D eigenvalue weighted by Gasteiger charge is 2.07. The van der Waals surface area contributed by atoms with Crippen LogP contribution in [0.4, 0.5) is 0 Å². The predicted molar refractivity (Wildman–Crippen MR) is 67.9 cm³/mol. The molecule has 1 rings (SSSR count). The van der Waals surface area contributed by atoms with Crippen LogP contribution in [0.1, 0.15) is 12.0 Å². The Balaban J connectivity index is 2.55. The quantitative estimate of drug-likeness (QED) is 0.778. The molecule has 3 nitrogen and oxygen atoms in total. The van der Waals surface area contributed by atoms with Gasteiger partial charge in [0, 0.05) is 25.3 Å². The molecule has 0 aliphatic rings. The van der Waals surface area contributed by atoms with Gasteiger partial charge in [0.15, 0.2) is 0 Å². The molecular formula is C12H16BrNO2. The van der Waals surface area contributed by atoms with E-state index in [1.165, 1.54) is 0 Å². The molecule has 0 fully saturated rings. The van der Waals surface area contributed by atoms with Crippen LogP contribution >= 0.6 is 15.9 Å². The molecule has 0 aliphatic carbocycles. The van der Waals surface area contributed by atoms with E-state index in [9.17, 15) is 4.79 Å². The van der Waals surface area contributed by atoms with Crippen molar-refractivity contribution in [3.63, 3.8) is 0 Å². The third-order valence-corrected chi connectivity index (χ3v) is 2.71. The van der Waals surface area contributed by atoms with Crippen molar-refractivity contribution >= 4 is 21.8 Å². The molecule has 0 saturated heterocycles. The van der Waals surface area contributed by atoms with Gasteiger partial charge in [0.1, 0.15) is 5.75 Å². The number of benzene rings is 1. The van der Waals surface area contributed by atoms with E-state index in [2.05, 4.69) is 15.9 Å². The number of carbonyl (C=O) groups is 1. The average molecular weight is 286 g/mol. The monoisotopic (exact) mass is 285 g/mol. The Hall–Kier alpha value is -1.03. The summed E-state index contributed by atoms with van der Waals surface area (Å²) in [6, 6.07) is 7.74. The fraction of sp³-hybridized carbons (Fsp3) is 0.417. The first kappa shape index (κ1) is 13.0. The van der Waals surface area contributed by atoms with Crippen molar-refractivity contribution in [3.05, 3.63) is 29.8 Å². The third-order valence-electron chi connectivity index (χ3n) is 2.31. The van der Waals surface area contributed by atoms with Crippen LogP contribution in [0.25, 0.3) is 0 Å². The number of ether oxygens (including phenoxy) is 1. The lowest BCUT2D eigenvalue weighted by atomic mass is 10.2. The van der Waals surface area contributed by atoms with Crippen LogP contribution in [-0.4, -0.2) is 30.3 Å². The molecule has 0 N–H and O–H groups in total. The maximum absolute atomic E-state index is 11.5. The van der Waals surface area contributed by atoms with Crippen molar-refractivity contribution in [2.75, 3.05) is 19.5 Å². The first-order valence-corrected chi connectivity index (χ1v) is 6.22. The summed E-state index contributed by atoms with van der Waals surface area (Å²) in [5.74, 6) is 0.978. The third kappa shape index (κ3) is 3.85. The Kier molecular flexibility index (Phi) is 5.32. The van der Waals surface area contributed by atoms with Gasteiger partial charge in [0.05, 0.1) is 7.11 Å². The molecule has 16 heavy (non-hydrogen) atoms. The number of methoxy groups -OCH3 is 1. The van der Waals surface area contributed by atoms with Gasteiger partial charge in [0.25, 0.3) is 0 Å². The van der Waals surface area contributed by atoms with Crippen LogP contribution < -0.4 is 4.74 Å². The molecule has 0 radical (unpaired) electrons. The minimum absolute atomic E-state index is 0.146. The zero-order valence-electron chi connectivity index (χ0n) is 9.57. The molecule has 0 atom stereocenters. The van der Waals surface area contributed by atoms with Crippen LogP contribution in [0, 0.1) is 0 Å². The molecular weight excluding hydrogens is 270 g/mol. The Bertz CT molecular complexity index is 337. The molecule has 0 unspecified atom stereocenters. The van der Waals surface area contributed by atoms with Gasteiger partial charge >= 0.3 is 0 Å². The smallest absolute Gasteiger partial charge is 0.223 e. The molecule has 0 saturated carbocycles. The highest BCUT2D eigenvalue weighted by Crippen LogP contribution is 2.12. The molecule has 1 amide bonds. The van der Waals surface area contributed by atoms with Crippen LogP contribution in [0.2, 0.25) is 0 Å². The lowest BCUT2D eigenvalue weighted by molar-refractivity contribution is -0.129. The molecule has 0 aliphatic heterocycles. The second-order valence-electron chi connectivity index (χ2n) is 3.54. The van der Waals surface area contributed by atoms with Crippen molar-refractivity contribution < 1.29 is 9.53 Å². The SMILES string of the molecule is COc1ccc(CN(C)C(=O)CCBr)cc1. The van der Waals surface area contributed by atoms with Crippen molar-refractivity contribution in [1.82, 2.24) is 4.90 Å². The van der Waals surface area contributed by atoms with Crippen LogP contribution in [0.5, 0.6) is 5.75 Å². The first-order chi connectivity index (χ1) is 7.67. The number of amides is 1. The maximum atomic E-state index is 11.5. The lowest BCUT2D eigenvalue weighted by Crippen LogP contribution is -2.26. The fourth-order valence-corrected chi connectivity index (χ4v) is 1.70. The number of hydrogen-bond donors (Lipinski definition) is 0. The van der Waals surface area contributed by atoms with Crippen molar-refractivity contribution in [2.45, 2.75) is 13.0 Å².